The zero-order chi connectivity index (χ0) is 15.6. The number of aliphatic carboxylic acids is 1. The minimum Gasteiger partial charge on any atom is -0.480 e. The van der Waals surface area contributed by atoms with Crippen LogP contribution in [-0.4, -0.2) is 39.2 Å². The lowest BCUT2D eigenvalue weighted by Gasteiger charge is -2.27. The Balaban J connectivity index is 2.21. The molecule has 0 aromatic heterocycles. The number of aryl methyl sites for hydroxylation is 1. The number of carboxylic acid groups (broad SMARTS) is 1. The molecule has 1 fully saturated rings. The van der Waals surface area contributed by atoms with Gasteiger partial charge in [-0.1, -0.05) is 24.6 Å². The number of thioether (sulfide) groups is 1. The van der Waals surface area contributed by atoms with Gasteiger partial charge in [-0.3, -0.25) is 4.90 Å². The van der Waals surface area contributed by atoms with Crippen molar-refractivity contribution < 1.29 is 14.7 Å². The summed E-state index contributed by atoms with van der Waals surface area (Å²) in [4.78, 5) is 25.2. The molecule has 1 aliphatic rings. The first-order valence-corrected chi connectivity index (χ1v) is 8.06. The van der Waals surface area contributed by atoms with Gasteiger partial charge in [0.15, 0.2) is 0 Å². The summed E-state index contributed by atoms with van der Waals surface area (Å²) in [6.45, 7) is 3.80. The van der Waals surface area contributed by atoms with Crippen LogP contribution in [-0.2, 0) is 4.79 Å². The standard InChI is InChI=1S/C14H17ClN2O3S/c1-3-12-17(11(7-21-12)13(18)19)14(20)16-10-6-9(15)5-4-8(10)2/h4-6,11-12H,3,7H2,1-2H3,(H,16,20)(H,18,19). The number of anilines is 1. The van der Waals surface area contributed by atoms with Crippen molar-refractivity contribution in [1.82, 2.24) is 4.90 Å². The summed E-state index contributed by atoms with van der Waals surface area (Å²) in [6, 6.07) is 4.02. The van der Waals surface area contributed by atoms with Crippen molar-refractivity contribution >= 4 is 41.1 Å². The maximum Gasteiger partial charge on any atom is 0.327 e. The Morgan fingerprint density at radius 1 is 1.52 bits per heavy atom. The summed E-state index contributed by atoms with van der Waals surface area (Å²) in [6.07, 6.45) is 0.705. The van der Waals surface area contributed by atoms with E-state index >= 15 is 0 Å². The van der Waals surface area contributed by atoms with Crippen molar-refractivity contribution in [3.05, 3.63) is 28.8 Å². The lowest BCUT2D eigenvalue weighted by molar-refractivity contribution is -0.141. The molecule has 0 saturated carbocycles. The Bertz CT molecular complexity index is 567. The first-order chi connectivity index (χ1) is 9.93. The smallest absolute Gasteiger partial charge is 0.327 e. The van der Waals surface area contributed by atoms with Gasteiger partial charge in [0.25, 0.3) is 0 Å². The van der Waals surface area contributed by atoms with Gasteiger partial charge in [0.1, 0.15) is 6.04 Å². The van der Waals surface area contributed by atoms with Crippen molar-refractivity contribution in [2.45, 2.75) is 31.7 Å². The average molecular weight is 329 g/mol. The van der Waals surface area contributed by atoms with Crippen LogP contribution in [0.1, 0.15) is 18.9 Å². The minimum atomic E-state index is -0.976. The first kappa shape index (κ1) is 16.0. The lowest BCUT2D eigenvalue weighted by Crippen LogP contribution is -2.47. The predicted molar refractivity (Wildman–Crippen MR) is 85.0 cm³/mol. The van der Waals surface area contributed by atoms with E-state index in [1.54, 1.807) is 12.1 Å². The summed E-state index contributed by atoms with van der Waals surface area (Å²) in [5.74, 6) is -0.563. The van der Waals surface area contributed by atoms with E-state index < -0.39 is 18.0 Å². The van der Waals surface area contributed by atoms with E-state index in [0.717, 1.165) is 5.56 Å². The topological polar surface area (TPSA) is 69.6 Å². The molecule has 7 heteroatoms. The van der Waals surface area contributed by atoms with Crippen molar-refractivity contribution in [2.75, 3.05) is 11.1 Å². The number of amides is 2. The number of halogens is 1. The molecule has 1 saturated heterocycles. The zero-order valence-electron chi connectivity index (χ0n) is 11.8. The SMILES string of the molecule is CCC1SCC(C(=O)O)N1C(=O)Nc1cc(Cl)ccc1C. The van der Waals surface area contributed by atoms with Crippen LogP contribution >= 0.6 is 23.4 Å². The highest BCUT2D eigenvalue weighted by atomic mass is 35.5. The minimum absolute atomic E-state index is 0.120. The summed E-state index contributed by atoms with van der Waals surface area (Å²) < 4.78 is 0. The number of rotatable bonds is 3. The van der Waals surface area contributed by atoms with Gasteiger partial charge in [-0.05, 0) is 31.0 Å². The van der Waals surface area contributed by atoms with Gasteiger partial charge in [0, 0.05) is 16.5 Å². The molecule has 1 aromatic rings. The van der Waals surface area contributed by atoms with Crippen LogP contribution in [0, 0.1) is 6.92 Å². The quantitative estimate of drug-likeness (QED) is 0.892. The van der Waals surface area contributed by atoms with Crippen LogP contribution in [0.3, 0.4) is 0 Å². The maximum absolute atomic E-state index is 12.5. The van der Waals surface area contributed by atoms with E-state index in [0.29, 0.717) is 22.9 Å². The molecule has 2 atom stereocenters. The van der Waals surface area contributed by atoms with Gasteiger partial charge in [-0.25, -0.2) is 9.59 Å². The highest BCUT2D eigenvalue weighted by Crippen LogP contribution is 2.32. The molecule has 0 aliphatic carbocycles. The van der Waals surface area contributed by atoms with Gasteiger partial charge < -0.3 is 10.4 Å². The Kier molecular flexibility index (Phi) is 5.00. The van der Waals surface area contributed by atoms with Crippen LogP contribution in [0.15, 0.2) is 18.2 Å². The van der Waals surface area contributed by atoms with Crippen LogP contribution in [0.5, 0.6) is 0 Å². The van der Waals surface area contributed by atoms with Crippen molar-refractivity contribution in [1.29, 1.82) is 0 Å². The fourth-order valence-electron chi connectivity index (χ4n) is 2.25. The van der Waals surface area contributed by atoms with Crippen LogP contribution in [0.4, 0.5) is 10.5 Å². The molecule has 21 heavy (non-hydrogen) atoms. The first-order valence-electron chi connectivity index (χ1n) is 6.64. The number of carboxylic acids is 1. The van der Waals surface area contributed by atoms with Gasteiger partial charge in [0.05, 0.1) is 5.37 Å². The van der Waals surface area contributed by atoms with E-state index in [-0.39, 0.29) is 5.37 Å². The summed E-state index contributed by atoms with van der Waals surface area (Å²) in [5, 5.41) is 12.4. The number of hydrogen-bond donors (Lipinski definition) is 2. The highest BCUT2D eigenvalue weighted by molar-refractivity contribution is 8.00. The third-order valence-corrected chi connectivity index (χ3v) is 5.09. The molecule has 5 nitrogen and oxygen atoms in total. The van der Waals surface area contributed by atoms with Gasteiger partial charge in [0.2, 0.25) is 0 Å². The summed E-state index contributed by atoms with van der Waals surface area (Å²) >= 11 is 7.42. The number of benzene rings is 1. The summed E-state index contributed by atoms with van der Waals surface area (Å²) in [5.41, 5.74) is 1.47. The number of carbonyl (C=O) groups excluding carboxylic acids is 1. The van der Waals surface area contributed by atoms with Crippen LogP contribution in [0.25, 0.3) is 0 Å². The monoisotopic (exact) mass is 328 g/mol. The molecule has 0 spiro atoms. The largest absolute Gasteiger partial charge is 0.480 e. The second-order valence-electron chi connectivity index (χ2n) is 4.85. The van der Waals surface area contributed by atoms with Crippen LogP contribution in [0.2, 0.25) is 5.02 Å². The number of nitrogens with zero attached hydrogens (tertiary/aromatic N) is 1. The highest BCUT2D eigenvalue weighted by Gasteiger charge is 2.40. The molecule has 0 bridgehead atoms. The van der Waals surface area contributed by atoms with Crippen molar-refractivity contribution in [3.8, 4) is 0 Å². The molecule has 0 radical (unpaired) electrons. The Morgan fingerprint density at radius 3 is 2.86 bits per heavy atom. The van der Waals surface area contributed by atoms with E-state index in [1.165, 1.54) is 16.7 Å². The number of nitrogens with one attached hydrogen (secondary N) is 1. The number of carbonyl (C=O) groups is 2. The fourth-order valence-corrected chi connectivity index (χ4v) is 3.77. The predicted octanol–water partition coefficient (Wildman–Crippen LogP) is 3.42. The van der Waals surface area contributed by atoms with Gasteiger partial charge in [-0.15, -0.1) is 11.8 Å². The van der Waals surface area contributed by atoms with E-state index in [2.05, 4.69) is 5.32 Å². The molecule has 2 unspecified atom stereocenters. The third-order valence-electron chi connectivity index (χ3n) is 3.40. The number of urea groups is 1. The molecule has 1 aromatic carbocycles. The summed E-state index contributed by atoms with van der Waals surface area (Å²) in [7, 11) is 0. The second kappa shape index (κ2) is 6.58. The lowest BCUT2D eigenvalue weighted by atomic mass is 10.2. The molecular weight excluding hydrogens is 312 g/mol. The van der Waals surface area contributed by atoms with Crippen molar-refractivity contribution in [3.63, 3.8) is 0 Å². The molecule has 2 amide bonds. The second-order valence-corrected chi connectivity index (χ2v) is 6.49. The maximum atomic E-state index is 12.5. The Morgan fingerprint density at radius 2 is 2.24 bits per heavy atom. The fraction of sp³-hybridized carbons (Fsp3) is 0.429. The van der Waals surface area contributed by atoms with E-state index in [4.69, 9.17) is 11.6 Å². The van der Waals surface area contributed by atoms with E-state index in [9.17, 15) is 14.7 Å². The Hall–Kier alpha value is -1.40. The zero-order valence-corrected chi connectivity index (χ0v) is 13.4. The van der Waals surface area contributed by atoms with Crippen molar-refractivity contribution in [2.24, 2.45) is 0 Å². The molecule has 114 valence electrons. The van der Waals surface area contributed by atoms with E-state index in [1.807, 2.05) is 19.9 Å². The molecule has 1 heterocycles. The molecule has 2 N–H and O–H groups in total. The normalized spacial score (nSPS) is 21.4. The van der Waals surface area contributed by atoms with Gasteiger partial charge >= 0.3 is 12.0 Å². The Labute approximate surface area is 132 Å². The van der Waals surface area contributed by atoms with Crippen LogP contribution < -0.4 is 5.32 Å². The molecule has 1 aliphatic heterocycles. The third kappa shape index (κ3) is 3.44. The number of hydrogen-bond acceptors (Lipinski definition) is 3. The average Bonchev–Trinajstić information content (AvgIpc) is 2.87. The molecular formula is C14H17ClN2O3S. The molecule has 2 rings (SSSR count). The van der Waals surface area contributed by atoms with Gasteiger partial charge in [-0.2, -0.15) is 0 Å².